The molecule has 0 aromatic carbocycles. The lowest BCUT2D eigenvalue weighted by molar-refractivity contribution is 0.279. The van der Waals surface area contributed by atoms with Gasteiger partial charge >= 0.3 is 0 Å². The van der Waals surface area contributed by atoms with E-state index in [2.05, 4.69) is 30.1 Å². The van der Waals surface area contributed by atoms with Gasteiger partial charge in [0.15, 0.2) is 0 Å². The molecule has 2 heteroatoms. The number of hydrogen-bond donors (Lipinski definition) is 1. The molecule has 2 rings (SSSR count). The molecule has 0 aromatic heterocycles. The maximum atomic E-state index is 3.71. The van der Waals surface area contributed by atoms with Crippen molar-refractivity contribution in [1.82, 2.24) is 10.2 Å². The minimum absolute atomic E-state index is 0.771. The Morgan fingerprint density at radius 1 is 1.36 bits per heavy atom. The Balaban J connectivity index is 1.88. The predicted molar refractivity (Wildman–Crippen MR) is 60.4 cm³/mol. The van der Waals surface area contributed by atoms with Gasteiger partial charge in [-0.25, -0.2) is 0 Å². The van der Waals surface area contributed by atoms with Crippen molar-refractivity contribution in [3.8, 4) is 0 Å². The zero-order valence-electron chi connectivity index (χ0n) is 9.42. The molecule has 2 heterocycles. The zero-order valence-corrected chi connectivity index (χ0v) is 9.42. The number of allylic oxidation sites excluding steroid dienone is 1. The number of rotatable bonds is 2. The molecule has 80 valence electrons. The summed E-state index contributed by atoms with van der Waals surface area (Å²) in [5.41, 5.74) is 1.50. The van der Waals surface area contributed by atoms with E-state index >= 15 is 0 Å². The van der Waals surface area contributed by atoms with Gasteiger partial charge in [0.2, 0.25) is 0 Å². The van der Waals surface area contributed by atoms with E-state index < -0.39 is 0 Å². The monoisotopic (exact) mass is 194 g/mol. The summed E-state index contributed by atoms with van der Waals surface area (Å²) in [6, 6.07) is 1.59. The van der Waals surface area contributed by atoms with Crippen LogP contribution in [0.15, 0.2) is 11.6 Å². The molecule has 0 amide bonds. The second-order valence-electron chi connectivity index (χ2n) is 4.80. The minimum Gasteiger partial charge on any atom is -0.310 e. The van der Waals surface area contributed by atoms with E-state index in [1.807, 2.05) is 0 Å². The molecule has 0 spiro atoms. The first kappa shape index (κ1) is 10.2. The van der Waals surface area contributed by atoms with Gasteiger partial charge in [0, 0.05) is 31.7 Å². The molecule has 2 nitrogen and oxygen atoms in total. The molecular formula is C12H22N2. The van der Waals surface area contributed by atoms with Crippen LogP contribution in [0, 0.1) is 0 Å². The Morgan fingerprint density at radius 3 is 2.93 bits per heavy atom. The van der Waals surface area contributed by atoms with Gasteiger partial charge in [0.05, 0.1) is 0 Å². The SMILES string of the molecule is C/C=C(/C)CN1CCC2CCC(C1)N2. The van der Waals surface area contributed by atoms with Gasteiger partial charge in [-0.2, -0.15) is 0 Å². The highest BCUT2D eigenvalue weighted by Crippen LogP contribution is 2.20. The summed E-state index contributed by atoms with van der Waals surface area (Å²) in [6.45, 7) is 8.07. The van der Waals surface area contributed by atoms with Crippen LogP contribution in [0.2, 0.25) is 0 Å². The van der Waals surface area contributed by atoms with Crippen molar-refractivity contribution in [2.24, 2.45) is 0 Å². The fourth-order valence-electron chi connectivity index (χ4n) is 2.60. The largest absolute Gasteiger partial charge is 0.310 e. The topological polar surface area (TPSA) is 15.3 Å². The van der Waals surface area contributed by atoms with Gasteiger partial charge in [-0.05, 0) is 33.1 Å². The minimum atomic E-state index is 0.771. The van der Waals surface area contributed by atoms with E-state index in [9.17, 15) is 0 Å². The van der Waals surface area contributed by atoms with E-state index in [1.54, 1.807) is 0 Å². The lowest BCUT2D eigenvalue weighted by atomic mass is 10.1. The van der Waals surface area contributed by atoms with Crippen molar-refractivity contribution in [3.05, 3.63) is 11.6 Å². The van der Waals surface area contributed by atoms with Crippen molar-refractivity contribution in [1.29, 1.82) is 0 Å². The molecule has 0 saturated carbocycles. The summed E-state index contributed by atoms with van der Waals surface area (Å²) in [5.74, 6) is 0. The highest BCUT2D eigenvalue weighted by molar-refractivity contribution is 5.00. The van der Waals surface area contributed by atoms with E-state index in [4.69, 9.17) is 0 Å². The number of nitrogens with one attached hydrogen (secondary N) is 1. The number of nitrogens with zero attached hydrogens (tertiary/aromatic N) is 1. The van der Waals surface area contributed by atoms with Gasteiger partial charge in [0.25, 0.3) is 0 Å². The van der Waals surface area contributed by atoms with Crippen molar-refractivity contribution in [2.45, 2.75) is 45.2 Å². The van der Waals surface area contributed by atoms with Crippen molar-refractivity contribution >= 4 is 0 Å². The summed E-state index contributed by atoms with van der Waals surface area (Å²) < 4.78 is 0. The summed E-state index contributed by atoms with van der Waals surface area (Å²) in [6.07, 6.45) is 6.36. The zero-order chi connectivity index (χ0) is 9.97. The molecule has 1 N–H and O–H groups in total. The second kappa shape index (κ2) is 4.45. The first-order valence-corrected chi connectivity index (χ1v) is 5.88. The molecule has 2 atom stereocenters. The van der Waals surface area contributed by atoms with Gasteiger partial charge in [0.1, 0.15) is 0 Å². The normalized spacial score (nSPS) is 34.6. The van der Waals surface area contributed by atoms with E-state index in [0.29, 0.717) is 0 Å². The lowest BCUT2D eigenvalue weighted by Crippen LogP contribution is -2.36. The molecular weight excluding hydrogens is 172 g/mol. The molecule has 2 saturated heterocycles. The van der Waals surface area contributed by atoms with Gasteiger partial charge < -0.3 is 5.32 Å². The van der Waals surface area contributed by atoms with Crippen molar-refractivity contribution in [3.63, 3.8) is 0 Å². The first-order valence-electron chi connectivity index (χ1n) is 5.88. The number of fused-ring (bicyclic) bond motifs is 2. The number of likely N-dealkylation sites (tertiary alicyclic amines) is 1. The highest BCUT2D eigenvalue weighted by Gasteiger charge is 2.28. The molecule has 0 aliphatic carbocycles. The fourth-order valence-corrected chi connectivity index (χ4v) is 2.60. The third kappa shape index (κ3) is 2.37. The Labute approximate surface area is 87.4 Å². The van der Waals surface area contributed by atoms with Crippen LogP contribution in [0.3, 0.4) is 0 Å². The van der Waals surface area contributed by atoms with Crippen LogP contribution in [0.25, 0.3) is 0 Å². The van der Waals surface area contributed by atoms with Crippen LogP contribution in [0.1, 0.15) is 33.1 Å². The molecule has 2 unspecified atom stereocenters. The van der Waals surface area contributed by atoms with Gasteiger partial charge in [-0.3, -0.25) is 4.90 Å². The maximum Gasteiger partial charge on any atom is 0.0198 e. The Morgan fingerprint density at radius 2 is 2.14 bits per heavy atom. The predicted octanol–water partition coefficient (Wildman–Crippen LogP) is 1.78. The Hall–Kier alpha value is -0.340. The van der Waals surface area contributed by atoms with Crippen LogP contribution in [0.5, 0.6) is 0 Å². The summed E-state index contributed by atoms with van der Waals surface area (Å²) in [4.78, 5) is 2.60. The maximum absolute atomic E-state index is 3.71. The van der Waals surface area contributed by atoms with Crippen LogP contribution in [-0.4, -0.2) is 36.6 Å². The van der Waals surface area contributed by atoms with Crippen LogP contribution in [0.4, 0.5) is 0 Å². The molecule has 0 radical (unpaired) electrons. The average Bonchev–Trinajstić information content (AvgIpc) is 2.50. The Bertz CT molecular complexity index is 222. The smallest absolute Gasteiger partial charge is 0.0198 e. The van der Waals surface area contributed by atoms with Gasteiger partial charge in [-0.1, -0.05) is 11.6 Å². The molecule has 2 aliphatic heterocycles. The first-order chi connectivity index (χ1) is 6.78. The average molecular weight is 194 g/mol. The third-order valence-electron chi connectivity index (χ3n) is 3.57. The second-order valence-corrected chi connectivity index (χ2v) is 4.80. The lowest BCUT2D eigenvalue weighted by Gasteiger charge is -2.24. The number of hydrogen-bond acceptors (Lipinski definition) is 2. The van der Waals surface area contributed by atoms with Crippen molar-refractivity contribution in [2.75, 3.05) is 19.6 Å². The molecule has 2 aliphatic rings. The van der Waals surface area contributed by atoms with Crippen LogP contribution < -0.4 is 5.32 Å². The summed E-state index contributed by atoms with van der Waals surface area (Å²) in [7, 11) is 0. The van der Waals surface area contributed by atoms with Crippen LogP contribution >= 0.6 is 0 Å². The molecule has 2 bridgehead atoms. The molecule has 0 aromatic rings. The van der Waals surface area contributed by atoms with E-state index in [-0.39, 0.29) is 0 Å². The van der Waals surface area contributed by atoms with E-state index in [1.165, 1.54) is 44.5 Å². The van der Waals surface area contributed by atoms with E-state index in [0.717, 1.165) is 12.1 Å². The van der Waals surface area contributed by atoms with Crippen LogP contribution in [-0.2, 0) is 0 Å². The Kier molecular flexibility index (Phi) is 3.24. The standard InChI is InChI=1S/C12H22N2/c1-3-10(2)8-14-7-6-11-4-5-12(9-14)13-11/h3,11-13H,4-9H2,1-2H3/b10-3-. The van der Waals surface area contributed by atoms with Crippen molar-refractivity contribution < 1.29 is 0 Å². The molecule has 14 heavy (non-hydrogen) atoms. The highest BCUT2D eigenvalue weighted by atomic mass is 15.2. The summed E-state index contributed by atoms with van der Waals surface area (Å²) in [5, 5.41) is 3.71. The third-order valence-corrected chi connectivity index (χ3v) is 3.57. The summed E-state index contributed by atoms with van der Waals surface area (Å²) >= 11 is 0. The fraction of sp³-hybridized carbons (Fsp3) is 0.833. The molecule has 2 fully saturated rings. The van der Waals surface area contributed by atoms with Gasteiger partial charge in [-0.15, -0.1) is 0 Å². The quantitative estimate of drug-likeness (QED) is 0.674.